The maximum Gasteiger partial charge on any atom is 0.248 e. The Morgan fingerprint density at radius 3 is 3.14 bits per heavy atom. The maximum atomic E-state index is 5.09. The molecule has 6 nitrogen and oxygen atoms in total. The zero-order valence-electron chi connectivity index (χ0n) is 7.50. The van der Waals surface area contributed by atoms with E-state index in [1.807, 2.05) is 0 Å². The number of aromatic nitrogens is 5. The van der Waals surface area contributed by atoms with Gasteiger partial charge in [0.25, 0.3) is 0 Å². The summed E-state index contributed by atoms with van der Waals surface area (Å²) in [6, 6.07) is 0. The van der Waals surface area contributed by atoms with Crippen LogP contribution >= 0.6 is 0 Å². The van der Waals surface area contributed by atoms with Gasteiger partial charge in [0.2, 0.25) is 5.89 Å². The van der Waals surface area contributed by atoms with Crippen LogP contribution in [-0.2, 0) is 6.54 Å². The fourth-order valence-corrected chi connectivity index (χ4v) is 1.29. The summed E-state index contributed by atoms with van der Waals surface area (Å²) in [7, 11) is 0. The molecule has 0 radical (unpaired) electrons. The van der Waals surface area contributed by atoms with E-state index in [0.717, 1.165) is 5.82 Å². The second kappa shape index (κ2) is 2.90. The number of hydrogen-bond donors (Lipinski definition) is 0. The molecule has 1 aliphatic rings. The summed E-state index contributed by atoms with van der Waals surface area (Å²) in [5, 5.41) is 7.87. The lowest BCUT2D eigenvalue weighted by molar-refractivity contribution is 0.361. The van der Waals surface area contributed by atoms with E-state index in [1.165, 1.54) is 19.2 Å². The first-order valence-electron chi connectivity index (χ1n) is 4.57. The number of hydrogen-bond acceptors (Lipinski definition) is 5. The first kappa shape index (κ1) is 7.66. The molecule has 1 aliphatic carbocycles. The van der Waals surface area contributed by atoms with Crippen molar-refractivity contribution in [3.05, 3.63) is 24.4 Å². The lowest BCUT2D eigenvalue weighted by Gasteiger charge is -1.91. The molecular weight excluding hydrogens is 182 g/mol. The van der Waals surface area contributed by atoms with Crippen LogP contribution in [-0.4, -0.2) is 24.9 Å². The molecule has 0 unspecified atom stereocenters. The Morgan fingerprint density at radius 1 is 1.50 bits per heavy atom. The molecule has 0 spiro atoms. The molecule has 1 saturated carbocycles. The van der Waals surface area contributed by atoms with Crippen LogP contribution in [0.4, 0.5) is 0 Å². The van der Waals surface area contributed by atoms with Gasteiger partial charge in [0.1, 0.15) is 19.2 Å². The standard InChI is InChI=1S/C8H9N5O/c1-2-6(1)8-11-7(14-12-8)3-13-5-9-4-10-13/h4-6H,1-3H2. The summed E-state index contributed by atoms with van der Waals surface area (Å²) >= 11 is 0. The van der Waals surface area contributed by atoms with Crippen LogP contribution in [0.3, 0.4) is 0 Å². The Hall–Kier alpha value is -1.72. The van der Waals surface area contributed by atoms with Gasteiger partial charge in [0.15, 0.2) is 5.82 Å². The van der Waals surface area contributed by atoms with Gasteiger partial charge in [0, 0.05) is 5.92 Å². The van der Waals surface area contributed by atoms with Crippen molar-refractivity contribution in [1.82, 2.24) is 24.9 Å². The quantitative estimate of drug-likeness (QED) is 0.710. The molecule has 1 fully saturated rings. The van der Waals surface area contributed by atoms with E-state index in [2.05, 4.69) is 20.2 Å². The Morgan fingerprint density at radius 2 is 2.43 bits per heavy atom. The van der Waals surface area contributed by atoms with Crippen LogP contribution in [0.1, 0.15) is 30.5 Å². The molecule has 14 heavy (non-hydrogen) atoms. The zero-order chi connectivity index (χ0) is 9.38. The van der Waals surface area contributed by atoms with Gasteiger partial charge in [-0.15, -0.1) is 0 Å². The van der Waals surface area contributed by atoms with Crippen LogP contribution in [0.2, 0.25) is 0 Å². The highest BCUT2D eigenvalue weighted by atomic mass is 16.5. The predicted octanol–water partition coefficient (Wildman–Crippen LogP) is 0.587. The molecule has 2 heterocycles. The average Bonchev–Trinajstić information content (AvgIpc) is 2.75. The minimum atomic E-state index is 0.500. The summed E-state index contributed by atoms with van der Waals surface area (Å²) in [4.78, 5) is 8.12. The average molecular weight is 191 g/mol. The maximum absolute atomic E-state index is 5.09. The molecule has 3 rings (SSSR count). The fraction of sp³-hybridized carbons (Fsp3) is 0.500. The van der Waals surface area contributed by atoms with Crippen LogP contribution in [0.5, 0.6) is 0 Å². The first-order valence-corrected chi connectivity index (χ1v) is 4.57. The molecule has 0 N–H and O–H groups in total. The van der Waals surface area contributed by atoms with E-state index in [0.29, 0.717) is 18.4 Å². The molecule has 2 aromatic heterocycles. The molecule has 0 saturated heterocycles. The second-order valence-corrected chi connectivity index (χ2v) is 3.41. The van der Waals surface area contributed by atoms with Gasteiger partial charge >= 0.3 is 0 Å². The monoisotopic (exact) mass is 191 g/mol. The van der Waals surface area contributed by atoms with Crippen molar-refractivity contribution in [2.24, 2.45) is 0 Å². The molecule has 72 valence electrons. The molecule has 0 aliphatic heterocycles. The van der Waals surface area contributed by atoms with Crippen molar-refractivity contribution < 1.29 is 4.52 Å². The largest absolute Gasteiger partial charge is 0.337 e. The van der Waals surface area contributed by atoms with Crippen LogP contribution < -0.4 is 0 Å². The molecule has 2 aromatic rings. The van der Waals surface area contributed by atoms with Crippen molar-refractivity contribution in [3.63, 3.8) is 0 Å². The third-order valence-electron chi connectivity index (χ3n) is 2.19. The van der Waals surface area contributed by atoms with Gasteiger partial charge in [-0.25, -0.2) is 9.67 Å². The van der Waals surface area contributed by atoms with Crippen molar-refractivity contribution in [2.75, 3.05) is 0 Å². The highest BCUT2D eigenvalue weighted by Crippen LogP contribution is 2.38. The Kier molecular flexibility index (Phi) is 1.59. The van der Waals surface area contributed by atoms with Crippen LogP contribution in [0, 0.1) is 0 Å². The van der Waals surface area contributed by atoms with E-state index < -0.39 is 0 Å². The summed E-state index contributed by atoms with van der Waals surface area (Å²) < 4.78 is 6.75. The predicted molar refractivity (Wildman–Crippen MR) is 45.4 cm³/mol. The van der Waals surface area contributed by atoms with Crippen molar-refractivity contribution >= 4 is 0 Å². The Balaban J connectivity index is 1.76. The van der Waals surface area contributed by atoms with E-state index >= 15 is 0 Å². The lowest BCUT2D eigenvalue weighted by atomic mass is 10.4. The van der Waals surface area contributed by atoms with Gasteiger partial charge in [-0.2, -0.15) is 10.1 Å². The SMILES string of the molecule is c1ncn(Cc2nc(C3CC3)no2)n1. The van der Waals surface area contributed by atoms with Crippen LogP contribution in [0.25, 0.3) is 0 Å². The third-order valence-corrected chi connectivity index (χ3v) is 2.19. The third kappa shape index (κ3) is 1.39. The normalized spacial score (nSPS) is 16.0. The molecule has 0 bridgehead atoms. The molecular formula is C8H9N5O. The van der Waals surface area contributed by atoms with E-state index in [4.69, 9.17) is 4.52 Å². The highest BCUT2D eigenvalue weighted by Gasteiger charge is 2.28. The lowest BCUT2D eigenvalue weighted by Crippen LogP contribution is -2.00. The van der Waals surface area contributed by atoms with Gasteiger partial charge in [-0.05, 0) is 12.8 Å². The highest BCUT2D eigenvalue weighted by molar-refractivity contribution is 5.03. The Labute approximate surface area is 80.0 Å². The van der Waals surface area contributed by atoms with Crippen molar-refractivity contribution in [2.45, 2.75) is 25.3 Å². The minimum absolute atomic E-state index is 0.500. The summed E-state index contributed by atoms with van der Waals surface area (Å²) in [5.74, 6) is 1.96. The summed E-state index contributed by atoms with van der Waals surface area (Å²) in [6.45, 7) is 0.500. The number of nitrogens with zero attached hydrogens (tertiary/aromatic N) is 5. The molecule has 0 aromatic carbocycles. The van der Waals surface area contributed by atoms with Gasteiger partial charge in [-0.1, -0.05) is 5.16 Å². The van der Waals surface area contributed by atoms with E-state index in [-0.39, 0.29) is 0 Å². The molecule has 6 heteroatoms. The molecule has 0 amide bonds. The summed E-state index contributed by atoms with van der Waals surface area (Å²) in [6.07, 6.45) is 5.48. The second-order valence-electron chi connectivity index (χ2n) is 3.41. The van der Waals surface area contributed by atoms with Crippen molar-refractivity contribution in [1.29, 1.82) is 0 Å². The number of rotatable bonds is 3. The zero-order valence-corrected chi connectivity index (χ0v) is 7.50. The van der Waals surface area contributed by atoms with Crippen molar-refractivity contribution in [3.8, 4) is 0 Å². The van der Waals surface area contributed by atoms with Gasteiger partial charge < -0.3 is 4.52 Å². The first-order chi connectivity index (χ1) is 6.92. The van der Waals surface area contributed by atoms with E-state index in [1.54, 1.807) is 11.0 Å². The summed E-state index contributed by atoms with van der Waals surface area (Å²) in [5.41, 5.74) is 0. The van der Waals surface area contributed by atoms with Gasteiger partial charge in [-0.3, -0.25) is 0 Å². The molecule has 0 atom stereocenters. The minimum Gasteiger partial charge on any atom is -0.337 e. The topological polar surface area (TPSA) is 69.6 Å². The fourth-order valence-electron chi connectivity index (χ4n) is 1.29. The Bertz CT molecular complexity index is 417. The van der Waals surface area contributed by atoms with Crippen LogP contribution in [0.15, 0.2) is 17.2 Å². The smallest absolute Gasteiger partial charge is 0.248 e. The van der Waals surface area contributed by atoms with Gasteiger partial charge in [0.05, 0.1) is 0 Å². The van der Waals surface area contributed by atoms with E-state index in [9.17, 15) is 0 Å².